The van der Waals surface area contributed by atoms with E-state index in [1.807, 2.05) is 19.3 Å². The number of aromatic nitrogens is 1. The second-order valence-corrected chi connectivity index (χ2v) is 7.86. The van der Waals surface area contributed by atoms with Crippen molar-refractivity contribution in [2.24, 2.45) is 4.99 Å². The Morgan fingerprint density at radius 1 is 1.21 bits per heavy atom. The van der Waals surface area contributed by atoms with Gasteiger partial charge >= 0.3 is 0 Å². The molecule has 2 aliphatic heterocycles. The van der Waals surface area contributed by atoms with Gasteiger partial charge in [-0.3, -0.25) is 9.89 Å². The lowest BCUT2D eigenvalue weighted by atomic mass is 10.1. The number of hydrogen-bond donors (Lipinski definition) is 2. The van der Waals surface area contributed by atoms with E-state index >= 15 is 0 Å². The average molecular weight is 385 g/mol. The summed E-state index contributed by atoms with van der Waals surface area (Å²) in [5.41, 5.74) is 1.25. The predicted molar refractivity (Wildman–Crippen MR) is 118 cm³/mol. The summed E-state index contributed by atoms with van der Waals surface area (Å²) in [7, 11) is 1.84. The van der Waals surface area contributed by atoms with E-state index in [0.717, 1.165) is 63.9 Å². The molecule has 0 aromatic carbocycles. The third kappa shape index (κ3) is 6.23. The van der Waals surface area contributed by atoms with E-state index in [2.05, 4.69) is 49.1 Å². The van der Waals surface area contributed by atoms with E-state index in [4.69, 9.17) is 0 Å². The Morgan fingerprint density at radius 2 is 1.96 bits per heavy atom. The molecule has 0 bridgehead atoms. The normalized spacial score (nSPS) is 19.9. The minimum Gasteiger partial charge on any atom is -0.357 e. The number of aliphatic imine (C=N–C) groups is 1. The minimum absolute atomic E-state index is 0.484. The molecule has 0 atom stereocenters. The standard InChI is InChI=1S/C22H36N6/c1-3-12-27-15-9-20(10-16-27)26-22(23-2)25-18-19-8-11-24-21(17-19)28-13-6-4-5-7-14-28/h3,8,11,17,20H,1,4-7,9-10,12-16,18H2,2H3,(H2,23,25,26). The van der Waals surface area contributed by atoms with Crippen LogP contribution in [0.5, 0.6) is 0 Å². The van der Waals surface area contributed by atoms with Crippen LogP contribution in [0.4, 0.5) is 5.82 Å². The van der Waals surface area contributed by atoms with Crippen molar-refractivity contribution >= 4 is 11.8 Å². The summed E-state index contributed by atoms with van der Waals surface area (Å²) < 4.78 is 0. The van der Waals surface area contributed by atoms with Gasteiger partial charge in [0.1, 0.15) is 5.82 Å². The van der Waals surface area contributed by atoms with Crippen molar-refractivity contribution in [3.8, 4) is 0 Å². The Bertz CT molecular complexity index is 628. The van der Waals surface area contributed by atoms with Crippen LogP contribution in [0, 0.1) is 0 Å². The minimum atomic E-state index is 0.484. The quantitative estimate of drug-likeness (QED) is 0.449. The number of piperidine rings is 1. The molecule has 6 nitrogen and oxygen atoms in total. The van der Waals surface area contributed by atoms with Crippen LogP contribution in [-0.4, -0.2) is 61.7 Å². The molecule has 0 aliphatic carbocycles. The zero-order chi connectivity index (χ0) is 19.6. The number of nitrogens with one attached hydrogen (secondary N) is 2. The Morgan fingerprint density at radius 3 is 2.64 bits per heavy atom. The maximum absolute atomic E-state index is 4.61. The first-order valence-electron chi connectivity index (χ1n) is 10.8. The highest BCUT2D eigenvalue weighted by Crippen LogP contribution is 2.18. The van der Waals surface area contributed by atoms with Crippen molar-refractivity contribution in [2.75, 3.05) is 44.7 Å². The molecule has 6 heteroatoms. The molecule has 28 heavy (non-hydrogen) atoms. The molecule has 0 spiro atoms. The molecule has 1 aromatic rings. The van der Waals surface area contributed by atoms with Crippen molar-refractivity contribution in [2.45, 2.75) is 51.1 Å². The molecule has 2 fully saturated rings. The number of hydrogen-bond acceptors (Lipinski definition) is 4. The van der Waals surface area contributed by atoms with Gasteiger partial charge in [0.2, 0.25) is 0 Å². The molecule has 0 unspecified atom stereocenters. The van der Waals surface area contributed by atoms with Crippen molar-refractivity contribution in [3.63, 3.8) is 0 Å². The molecule has 2 N–H and O–H groups in total. The molecule has 0 amide bonds. The van der Waals surface area contributed by atoms with E-state index < -0.39 is 0 Å². The summed E-state index contributed by atoms with van der Waals surface area (Å²) in [4.78, 5) is 13.9. The van der Waals surface area contributed by atoms with Crippen LogP contribution < -0.4 is 15.5 Å². The van der Waals surface area contributed by atoms with E-state index in [1.165, 1.54) is 31.2 Å². The Labute approximate surface area is 170 Å². The molecule has 2 aliphatic rings. The summed E-state index contributed by atoms with van der Waals surface area (Å²) in [5, 5.41) is 7.06. The summed E-state index contributed by atoms with van der Waals surface area (Å²) in [5.74, 6) is 1.99. The van der Waals surface area contributed by atoms with Crippen LogP contribution >= 0.6 is 0 Å². The van der Waals surface area contributed by atoms with Gasteiger partial charge in [0.25, 0.3) is 0 Å². The second kappa shape index (κ2) is 11.1. The summed E-state index contributed by atoms with van der Waals surface area (Å²) in [6.45, 7) is 10.1. The van der Waals surface area contributed by atoms with Crippen LogP contribution in [0.3, 0.4) is 0 Å². The van der Waals surface area contributed by atoms with Crippen LogP contribution in [-0.2, 0) is 6.54 Å². The highest BCUT2D eigenvalue weighted by Gasteiger charge is 2.19. The molecular formula is C22H36N6. The van der Waals surface area contributed by atoms with Gasteiger partial charge < -0.3 is 15.5 Å². The first kappa shape index (κ1) is 20.6. The zero-order valence-electron chi connectivity index (χ0n) is 17.4. The lowest BCUT2D eigenvalue weighted by Gasteiger charge is -2.32. The lowest BCUT2D eigenvalue weighted by molar-refractivity contribution is 0.225. The van der Waals surface area contributed by atoms with Gasteiger partial charge in [0, 0.05) is 58.6 Å². The highest BCUT2D eigenvalue weighted by atomic mass is 15.2. The molecule has 1 aromatic heterocycles. The molecule has 154 valence electrons. The Kier molecular flexibility index (Phi) is 8.15. The number of rotatable bonds is 6. The lowest BCUT2D eigenvalue weighted by Crippen LogP contribution is -2.48. The highest BCUT2D eigenvalue weighted by molar-refractivity contribution is 5.80. The first-order chi connectivity index (χ1) is 13.8. The number of anilines is 1. The van der Waals surface area contributed by atoms with Gasteiger partial charge in [-0.25, -0.2) is 4.98 Å². The average Bonchev–Trinajstić information content (AvgIpc) is 3.02. The second-order valence-electron chi connectivity index (χ2n) is 7.86. The fourth-order valence-electron chi connectivity index (χ4n) is 4.06. The van der Waals surface area contributed by atoms with Gasteiger partial charge in [-0.05, 0) is 43.4 Å². The van der Waals surface area contributed by atoms with Gasteiger partial charge in [0.05, 0.1) is 0 Å². The number of pyridine rings is 1. The molecule has 0 radical (unpaired) electrons. The zero-order valence-corrected chi connectivity index (χ0v) is 17.4. The summed E-state index contributed by atoms with van der Waals surface area (Å²) in [6.07, 6.45) is 11.4. The van der Waals surface area contributed by atoms with E-state index in [1.54, 1.807) is 0 Å². The number of guanidine groups is 1. The van der Waals surface area contributed by atoms with E-state index in [9.17, 15) is 0 Å². The van der Waals surface area contributed by atoms with Crippen molar-refractivity contribution in [1.29, 1.82) is 0 Å². The molecule has 2 saturated heterocycles. The SMILES string of the molecule is C=CCN1CCC(NC(=NC)NCc2ccnc(N3CCCCCC3)c2)CC1. The van der Waals surface area contributed by atoms with Crippen LogP contribution in [0.25, 0.3) is 0 Å². The Balaban J connectivity index is 1.48. The van der Waals surface area contributed by atoms with Crippen LogP contribution in [0.2, 0.25) is 0 Å². The van der Waals surface area contributed by atoms with E-state index in [0.29, 0.717) is 6.04 Å². The molecule has 3 heterocycles. The molecular weight excluding hydrogens is 348 g/mol. The fraction of sp³-hybridized carbons (Fsp3) is 0.636. The largest absolute Gasteiger partial charge is 0.357 e. The third-order valence-corrected chi connectivity index (χ3v) is 5.74. The predicted octanol–water partition coefficient (Wildman–Crippen LogP) is 2.78. The van der Waals surface area contributed by atoms with Gasteiger partial charge in [-0.2, -0.15) is 0 Å². The maximum atomic E-state index is 4.61. The van der Waals surface area contributed by atoms with Gasteiger partial charge in [-0.1, -0.05) is 18.9 Å². The van der Waals surface area contributed by atoms with Crippen molar-refractivity contribution < 1.29 is 0 Å². The first-order valence-corrected chi connectivity index (χ1v) is 10.8. The Hall–Kier alpha value is -2.08. The number of likely N-dealkylation sites (tertiary alicyclic amines) is 1. The van der Waals surface area contributed by atoms with Gasteiger partial charge in [-0.15, -0.1) is 6.58 Å². The monoisotopic (exact) mass is 384 g/mol. The third-order valence-electron chi connectivity index (χ3n) is 5.74. The molecule has 0 saturated carbocycles. The van der Waals surface area contributed by atoms with Crippen molar-refractivity contribution in [1.82, 2.24) is 20.5 Å². The summed E-state index contributed by atoms with van der Waals surface area (Å²) >= 11 is 0. The fourth-order valence-corrected chi connectivity index (χ4v) is 4.06. The van der Waals surface area contributed by atoms with Crippen LogP contribution in [0.15, 0.2) is 36.0 Å². The van der Waals surface area contributed by atoms with Crippen LogP contribution in [0.1, 0.15) is 44.1 Å². The molecule has 3 rings (SSSR count). The van der Waals surface area contributed by atoms with E-state index in [-0.39, 0.29) is 0 Å². The van der Waals surface area contributed by atoms with Gasteiger partial charge in [0.15, 0.2) is 5.96 Å². The smallest absolute Gasteiger partial charge is 0.191 e. The topological polar surface area (TPSA) is 55.8 Å². The van der Waals surface area contributed by atoms with Crippen molar-refractivity contribution in [3.05, 3.63) is 36.5 Å². The number of nitrogens with zero attached hydrogens (tertiary/aromatic N) is 4. The maximum Gasteiger partial charge on any atom is 0.191 e. The summed E-state index contributed by atoms with van der Waals surface area (Å²) in [6, 6.07) is 4.80.